The number of likely N-dealkylation sites (N-methyl/N-ethyl adjacent to an activating group) is 1. The van der Waals surface area contributed by atoms with Crippen molar-refractivity contribution in [3.63, 3.8) is 0 Å². The van der Waals surface area contributed by atoms with E-state index in [2.05, 4.69) is 13.8 Å². The van der Waals surface area contributed by atoms with Crippen molar-refractivity contribution in [3.8, 4) is 0 Å². The smallest absolute Gasteiger partial charge is 0.303 e. The molecule has 2 atom stereocenters. The fourth-order valence-corrected chi connectivity index (χ4v) is 6.04. The number of halogens is 1. The summed E-state index contributed by atoms with van der Waals surface area (Å²) in [6.45, 7) is 5.01. The van der Waals surface area contributed by atoms with Crippen LogP contribution in [0.3, 0.4) is 0 Å². The Kier molecular flexibility index (Phi) is 6.89. The number of hydrogen-bond donors (Lipinski definition) is 1. The second-order valence-electron chi connectivity index (χ2n) is 6.79. The maximum absolute atomic E-state index is 12.7. The van der Waals surface area contributed by atoms with Crippen LogP contribution in [-0.4, -0.2) is 50.1 Å². The van der Waals surface area contributed by atoms with Gasteiger partial charge in [0.2, 0.25) is 0 Å². The van der Waals surface area contributed by atoms with Crippen molar-refractivity contribution < 1.29 is 23.1 Å². The molecule has 6 nitrogen and oxygen atoms in total. The second kappa shape index (κ2) is 8.35. The summed E-state index contributed by atoms with van der Waals surface area (Å²) < 4.78 is 32.4. The van der Waals surface area contributed by atoms with Gasteiger partial charge >= 0.3 is 5.97 Å². The molecule has 2 rings (SSSR count). The highest BCUT2D eigenvalue weighted by Crippen LogP contribution is 2.40. The van der Waals surface area contributed by atoms with Gasteiger partial charge in [0.15, 0.2) is 0 Å². The van der Waals surface area contributed by atoms with Crippen LogP contribution >= 0.6 is 22.9 Å². The number of rotatable bonds is 10. The highest BCUT2D eigenvalue weighted by atomic mass is 35.5. The number of epoxide rings is 1. The van der Waals surface area contributed by atoms with Crippen LogP contribution in [0.4, 0.5) is 0 Å². The number of carbonyl (C=O) groups is 1. The SMILES string of the molecule is CC(C)C[C@H](CCC(=O)O)c1cc(S(=O)(=O)N(C)CC2CO2)sc1Cl. The highest BCUT2D eigenvalue weighted by molar-refractivity contribution is 7.91. The van der Waals surface area contributed by atoms with E-state index >= 15 is 0 Å². The summed E-state index contributed by atoms with van der Waals surface area (Å²) in [5.41, 5.74) is 0.733. The topological polar surface area (TPSA) is 87.2 Å². The molecule has 25 heavy (non-hydrogen) atoms. The molecule has 0 spiro atoms. The highest BCUT2D eigenvalue weighted by Gasteiger charge is 2.32. The van der Waals surface area contributed by atoms with Crippen molar-refractivity contribution in [2.75, 3.05) is 20.2 Å². The number of carboxylic acid groups (broad SMARTS) is 1. The Balaban J connectivity index is 2.24. The zero-order chi connectivity index (χ0) is 18.8. The van der Waals surface area contributed by atoms with Gasteiger partial charge < -0.3 is 9.84 Å². The Hall–Kier alpha value is -0.670. The van der Waals surface area contributed by atoms with Crippen molar-refractivity contribution in [1.82, 2.24) is 4.31 Å². The molecule has 0 aliphatic carbocycles. The van der Waals surface area contributed by atoms with E-state index in [0.29, 0.717) is 29.8 Å². The van der Waals surface area contributed by atoms with Crippen LogP contribution < -0.4 is 0 Å². The first-order valence-corrected chi connectivity index (χ1v) is 10.8. The van der Waals surface area contributed by atoms with Gasteiger partial charge in [-0.1, -0.05) is 25.4 Å². The molecule has 1 N–H and O–H groups in total. The summed E-state index contributed by atoms with van der Waals surface area (Å²) in [6, 6.07) is 1.61. The van der Waals surface area contributed by atoms with Crippen LogP contribution in [0.5, 0.6) is 0 Å². The predicted octanol–water partition coefficient (Wildman–Crippen LogP) is 3.42. The minimum atomic E-state index is -3.62. The number of ether oxygens (including phenoxy) is 1. The summed E-state index contributed by atoms with van der Waals surface area (Å²) in [5.74, 6) is -0.581. The van der Waals surface area contributed by atoms with Gasteiger partial charge in [0.05, 0.1) is 17.0 Å². The molecule has 1 aliphatic heterocycles. The van der Waals surface area contributed by atoms with Crippen LogP contribution in [-0.2, 0) is 19.6 Å². The molecule has 9 heteroatoms. The zero-order valence-corrected chi connectivity index (χ0v) is 17.0. The molecule has 0 amide bonds. The molecular formula is C16H24ClNO5S2. The van der Waals surface area contributed by atoms with Gasteiger partial charge in [-0.3, -0.25) is 4.79 Å². The molecule has 142 valence electrons. The van der Waals surface area contributed by atoms with Crippen molar-refractivity contribution in [2.24, 2.45) is 5.92 Å². The molecule has 0 radical (unpaired) electrons. The molecule has 1 aliphatic rings. The van der Waals surface area contributed by atoms with Crippen LogP contribution in [0.2, 0.25) is 4.34 Å². The van der Waals surface area contributed by atoms with Gasteiger partial charge in [0.1, 0.15) is 4.21 Å². The first-order chi connectivity index (χ1) is 11.6. The molecule has 2 heterocycles. The van der Waals surface area contributed by atoms with Gasteiger partial charge in [-0.25, -0.2) is 8.42 Å². The molecule has 1 aromatic rings. The standard InChI is InChI=1S/C16H24ClNO5S2/c1-10(2)6-11(4-5-14(19)20)13-7-15(24-16(13)17)25(21,22)18(3)8-12-9-23-12/h7,10-12H,4-6,8-9H2,1-3H3,(H,19,20)/t11-,12?/m0/s1. The van der Waals surface area contributed by atoms with E-state index in [4.69, 9.17) is 21.4 Å². The molecule has 0 saturated carbocycles. The summed E-state index contributed by atoms with van der Waals surface area (Å²) >= 11 is 7.37. The van der Waals surface area contributed by atoms with Crippen LogP contribution in [0.1, 0.15) is 44.6 Å². The molecule has 0 aromatic carbocycles. The normalized spacial score (nSPS) is 18.7. The fourth-order valence-electron chi connectivity index (χ4n) is 2.74. The Morgan fingerprint density at radius 1 is 1.52 bits per heavy atom. The van der Waals surface area contributed by atoms with Gasteiger partial charge in [-0.05, 0) is 36.3 Å². The number of carboxylic acids is 1. The van der Waals surface area contributed by atoms with Gasteiger partial charge in [0.25, 0.3) is 10.0 Å². The molecular weight excluding hydrogens is 386 g/mol. The minimum absolute atomic E-state index is 0.0288. The van der Waals surface area contributed by atoms with Gasteiger partial charge in [-0.15, -0.1) is 11.3 Å². The maximum atomic E-state index is 12.7. The molecule has 1 aromatic heterocycles. The lowest BCUT2D eigenvalue weighted by molar-refractivity contribution is -0.137. The van der Waals surface area contributed by atoms with Crippen LogP contribution in [0.25, 0.3) is 0 Å². The summed E-state index contributed by atoms with van der Waals surface area (Å²) in [6.07, 6.45) is 1.20. The van der Waals surface area contributed by atoms with Crippen molar-refractivity contribution in [1.29, 1.82) is 0 Å². The molecule has 0 bridgehead atoms. The van der Waals surface area contributed by atoms with Gasteiger partial charge in [0, 0.05) is 20.0 Å². The lowest BCUT2D eigenvalue weighted by atomic mass is 9.88. The van der Waals surface area contributed by atoms with E-state index < -0.39 is 16.0 Å². The Bertz CT molecular complexity index is 712. The number of thiophene rings is 1. The summed E-state index contributed by atoms with van der Waals surface area (Å²) in [5, 5.41) is 8.96. The van der Waals surface area contributed by atoms with Gasteiger partial charge in [-0.2, -0.15) is 4.31 Å². The number of hydrogen-bond acceptors (Lipinski definition) is 5. The predicted molar refractivity (Wildman–Crippen MR) is 98.0 cm³/mol. The molecule has 1 unspecified atom stereocenters. The largest absolute Gasteiger partial charge is 0.481 e. The Morgan fingerprint density at radius 2 is 2.16 bits per heavy atom. The Morgan fingerprint density at radius 3 is 2.68 bits per heavy atom. The van der Waals surface area contributed by atoms with E-state index in [9.17, 15) is 13.2 Å². The Labute approximate surface area is 157 Å². The second-order valence-corrected chi connectivity index (χ2v) is 10.7. The fraction of sp³-hybridized carbons (Fsp3) is 0.688. The number of nitrogens with zero attached hydrogens (tertiary/aromatic N) is 1. The molecule has 1 saturated heterocycles. The minimum Gasteiger partial charge on any atom is -0.481 e. The van der Waals surface area contributed by atoms with E-state index in [1.165, 1.54) is 11.4 Å². The van der Waals surface area contributed by atoms with Crippen molar-refractivity contribution in [3.05, 3.63) is 16.0 Å². The maximum Gasteiger partial charge on any atom is 0.303 e. The van der Waals surface area contributed by atoms with Crippen LogP contribution in [0.15, 0.2) is 10.3 Å². The van der Waals surface area contributed by atoms with E-state index in [-0.39, 0.29) is 22.7 Å². The molecule has 1 fully saturated rings. The summed E-state index contributed by atoms with van der Waals surface area (Å²) in [4.78, 5) is 10.9. The van der Waals surface area contributed by atoms with Crippen molar-refractivity contribution in [2.45, 2.75) is 49.3 Å². The monoisotopic (exact) mass is 409 g/mol. The summed E-state index contributed by atoms with van der Waals surface area (Å²) in [7, 11) is -2.09. The van der Waals surface area contributed by atoms with E-state index in [0.717, 1.165) is 23.3 Å². The van der Waals surface area contributed by atoms with E-state index in [1.54, 1.807) is 6.07 Å². The number of aliphatic carboxylic acids is 1. The third-order valence-electron chi connectivity index (χ3n) is 4.12. The zero-order valence-electron chi connectivity index (χ0n) is 14.6. The average Bonchev–Trinajstić information content (AvgIpc) is 3.22. The van der Waals surface area contributed by atoms with Crippen LogP contribution in [0, 0.1) is 5.92 Å². The third kappa shape index (κ3) is 5.65. The quantitative estimate of drug-likeness (QED) is 0.598. The third-order valence-corrected chi connectivity index (χ3v) is 7.78. The lowest BCUT2D eigenvalue weighted by Crippen LogP contribution is -2.30. The first kappa shape index (κ1) is 20.6. The van der Waals surface area contributed by atoms with E-state index in [1.807, 2.05) is 0 Å². The lowest BCUT2D eigenvalue weighted by Gasteiger charge is -2.18. The van der Waals surface area contributed by atoms with Crippen molar-refractivity contribution >= 4 is 38.9 Å². The first-order valence-electron chi connectivity index (χ1n) is 8.20. The average molecular weight is 410 g/mol. The number of sulfonamides is 1.